The number of hydrogen-bond donors (Lipinski definition) is 1. The minimum Gasteiger partial charge on any atom is -0.421 e. The van der Waals surface area contributed by atoms with Crippen LogP contribution in [0.4, 0.5) is 0 Å². The standard InChI is InChI=1S/C12H13N3O4S/c1-20(17,18)15-10(16)7-8-11-13-14-12(19-11)9-5-3-2-4-6-9/h2-6H,7-8H2,1H3,(H,15,16). The summed E-state index contributed by atoms with van der Waals surface area (Å²) in [4.78, 5) is 11.3. The Morgan fingerprint density at radius 1 is 1.25 bits per heavy atom. The van der Waals surface area contributed by atoms with Crippen molar-refractivity contribution in [3.8, 4) is 11.5 Å². The zero-order chi connectivity index (χ0) is 14.6. The minimum atomic E-state index is -3.53. The molecule has 0 bridgehead atoms. The summed E-state index contributed by atoms with van der Waals surface area (Å²) >= 11 is 0. The van der Waals surface area contributed by atoms with Crippen molar-refractivity contribution in [2.75, 3.05) is 6.26 Å². The van der Waals surface area contributed by atoms with Gasteiger partial charge in [0.15, 0.2) is 0 Å². The number of rotatable bonds is 5. The van der Waals surface area contributed by atoms with E-state index in [4.69, 9.17) is 4.42 Å². The van der Waals surface area contributed by atoms with Crippen molar-refractivity contribution in [3.05, 3.63) is 36.2 Å². The first-order valence-electron chi connectivity index (χ1n) is 5.82. The molecule has 0 spiro atoms. The molecule has 0 unspecified atom stereocenters. The van der Waals surface area contributed by atoms with Crippen molar-refractivity contribution in [3.63, 3.8) is 0 Å². The smallest absolute Gasteiger partial charge is 0.247 e. The largest absolute Gasteiger partial charge is 0.421 e. The van der Waals surface area contributed by atoms with Crippen LogP contribution < -0.4 is 4.72 Å². The fraction of sp³-hybridized carbons (Fsp3) is 0.250. The highest BCUT2D eigenvalue weighted by atomic mass is 32.2. The van der Waals surface area contributed by atoms with Gasteiger partial charge in [-0.2, -0.15) is 0 Å². The van der Waals surface area contributed by atoms with Gasteiger partial charge < -0.3 is 4.42 Å². The zero-order valence-corrected chi connectivity index (χ0v) is 11.6. The van der Waals surface area contributed by atoms with Crippen molar-refractivity contribution < 1.29 is 17.6 Å². The molecule has 0 radical (unpaired) electrons. The number of carbonyl (C=O) groups is 1. The second-order valence-electron chi connectivity index (χ2n) is 4.16. The maximum absolute atomic E-state index is 11.3. The molecule has 2 rings (SSSR count). The molecule has 0 aliphatic rings. The summed E-state index contributed by atoms with van der Waals surface area (Å²) < 4.78 is 29.0. The number of benzene rings is 1. The van der Waals surface area contributed by atoms with Crippen molar-refractivity contribution >= 4 is 15.9 Å². The monoisotopic (exact) mass is 295 g/mol. The van der Waals surface area contributed by atoms with Gasteiger partial charge in [0.2, 0.25) is 27.7 Å². The van der Waals surface area contributed by atoms with Gasteiger partial charge in [-0.05, 0) is 12.1 Å². The van der Waals surface area contributed by atoms with Gasteiger partial charge in [-0.25, -0.2) is 8.42 Å². The highest BCUT2D eigenvalue weighted by molar-refractivity contribution is 7.89. The van der Waals surface area contributed by atoms with Gasteiger partial charge in [0, 0.05) is 18.4 Å². The molecule has 1 N–H and O–H groups in total. The number of carbonyl (C=O) groups excluding carboxylic acids is 1. The number of aryl methyl sites for hydroxylation is 1. The maximum atomic E-state index is 11.3. The van der Waals surface area contributed by atoms with Gasteiger partial charge >= 0.3 is 0 Å². The molecule has 1 aromatic carbocycles. The van der Waals surface area contributed by atoms with E-state index in [0.717, 1.165) is 11.8 Å². The molecule has 0 aliphatic heterocycles. The van der Waals surface area contributed by atoms with E-state index < -0.39 is 15.9 Å². The predicted molar refractivity (Wildman–Crippen MR) is 71.0 cm³/mol. The number of hydrogen-bond acceptors (Lipinski definition) is 6. The van der Waals surface area contributed by atoms with Crippen LogP contribution in [0.5, 0.6) is 0 Å². The van der Waals surface area contributed by atoms with E-state index in [-0.39, 0.29) is 18.7 Å². The number of sulfonamides is 1. The highest BCUT2D eigenvalue weighted by Crippen LogP contribution is 2.17. The van der Waals surface area contributed by atoms with E-state index >= 15 is 0 Å². The molecule has 8 heteroatoms. The molecule has 7 nitrogen and oxygen atoms in total. The maximum Gasteiger partial charge on any atom is 0.247 e. The third-order valence-electron chi connectivity index (χ3n) is 2.35. The normalized spacial score (nSPS) is 11.2. The molecule has 1 amide bonds. The summed E-state index contributed by atoms with van der Waals surface area (Å²) in [5, 5.41) is 7.69. The Balaban J connectivity index is 1.96. The van der Waals surface area contributed by atoms with Crippen molar-refractivity contribution in [2.45, 2.75) is 12.8 Å². The molecule has 1 aromatic heterocycles. The second kappa shape index (κ2) is 5.83. The first-order chi connectivity index (χ1) is 9.44. The first-order valence-corrected chi connectivity index (χ1v) is 7.71. The molecule has 106 valence electrons. The van der Waals surface area contributed by atoms with Crippen LogP contribution in [-0.2, 0) is 21.2 Å². The fourth-order valence-electron chi connectivity index (χ4n) is 1.53. The topological polar surface area (TPSA) is 102 Å². The van der Waals surface area contributed by atoms with E-state index in [2.05, 4.69) is 10.2 Å². The van der Waals surface area contributed by atoms with E-state index in [1.54, 1.807) is 0 Å². The summed E-state index contributed by atoms with van der Waals surface area (Å²) in [6, 6.07) is 9.22. The number of nitrogens with zero attached hydrogens (tertiary/aromatic N) is 2. The average molecular weight is 295 g/mol. The average Bonchev–Trinajstić information content (AvgIpc) is 2.84. The molecule has 1 heterocycles. The van der Waals surface area contributed by atoms with Gasteiger partial charge in [-0.3, -0.25) is 9.52 Å². The van der Waals surface area contributed by atoms with Crippen molar-refractivity contribution in [1.29, 1.82) is 0 Å². The predicted octanol–water partition coefficient (Wildman–Crippen LogP) is 0.745. The molecule has 2 aromatic rings. The SMILES string of the molecule is CS(=O)(=O)NC(=O)CCc1nnc(-c2ccccc2)o1. The third-order valence-corrected chi connectivity index (χ3v) is 2.95. The number of aromatic nitrogens is 2. The lowest BCUT2D eigenvalue weighted by Gasteiger charge is -1.99. The molecular weight excluding hydrogens is 282 g/mol. The Bertz CT molecular complexity index is 695. The lowest BCUT2D eigenvalue weighted by molar-refractivity contribution is -0.119. The number of amides is 1. The zero-order valence-electron chi connectivity index (χ0n) is 10.7. The molecule has 0 saturated heterocycles. The minimum absolute atomic E-state index is 0.0382. The summed E-state index contributed by atoms with van der Waals surface area (Å²) in [5.41, 5.74) is 0.784. The quantitative estimate of drug-likeness (QED) is 0.873. The van der Waals surface area contributed by atoms with E-state index in [9.17, 15) is 13.2 Å². The van der Waals surface area contributed by atoms with Crippen LogP contribution >= 0.6 is 0 Å². The van der Waals surface area contributed by atoms with Gasteiger partial charge in [-0.1, -0.05) is 18.2 Å². The van der Waals surface area contributed by atoms with Crippen LogP contribution in [0.15, 0.2) is 34.7 Å². The Hall–Kier alpha value is -2.22. The Labute approximate surface area is 116 Å². The molecule has 0 aliphatic carbocycles. The summed E-state index contributed by atoms with van der Waals surface area (Å²) in [7, 11) is -3.53. The van der Waals surface area contributed by atoms with Crippen LogP contribution in [0.3, 0.4) is 0 Å². The molecule has 0 atom stereocenters. The van der Waals surface area contributed by atoms with Gasteiger partial charge in [0.1, 0.15) is 0 Å². The third kappa shape index (κ3) is 4.16. The van der Waals surface area contributed by atoms with Crippen molar-refractivity contribution in [1.82, 2.24) is 14.9 Å². The highest BCUT2D eigenvalue weighted by Gasteiger charge is 2.12. The van der Waals surface area contributed by atoms with Crippen LogP contribution in [0.1, 0.15) is 12.3 Å². The van der Waals surface area contributed by atoms with Gasteiger partial charge in [0.25, 0.3) is 0 Å². The Morgan fingerprint density at radius 2 is 1.95 bits per heavy atom. The fourth-order valence-corrected chi connectivity index (χ4v) is 2.05. The van der Waals surface area contributed by atoms with E-state index in [1.807, 2.05) is 35.1 Å². The van der Waals surface area contributed by atoms with Crippen LogP contribution in [0.2, 0.25) is 0 Å². The summed E-state index contributed by atoms with van der Waals surface area (Å²) in [5.74, 6) is 0.0450. The van der Waals surface area contributed by atoms with Crippen LogP contribution in [-0.4, -0.2) is 30.8 Å². The van der Waals surface area contributed by atoms with Crippen LogP contribution in [0, 0.1) is 0 Å². The van der Waals surface area contributed by atoms with Gasteiger partial charge in [0.05, 0.1) is 6.26 Å². The summed E-state index contributed by atoms with van der Waals surface area (Å²) in [6.45, 7) is 0. The second-order valence-corrected chi connectivity index (χ2v) is 5.91. The lowest BCUT2D eigenvalue weighted by atomic mass is 10.2. The lowest BCUT2D eigenvalue weighted by Crippen LogP contribution is -2.29. The van der Waals surface area contributed by atoms with Crippen molar-refractivity contribution in [2.24, 2.45) is 0 Å². The molecule has 20 heavy (non-hydrogen) atoms. The Morgan fingerprint density at radius 3 is 2.60 bits per heavy atom. The molecule has 0 saturated carbocycles. The summed E-state index contributed by atoms with van der Waals surface area (Å²) in [6.07, 6.45) is 1.07. The number of nitrogens with one attached hydrogen (secondary N) is 1. The van der Waals surface area contributed by atoms with E-state index in [0.29, 0.717) is 5.89 Å². The van der Waals surface area contributed by atoms with Gasteiger partial charge in [-0.15, -0.1) is 10.2 Å². The van der Waals surface area contributed by atoms with E-state index in [1.165, 1.54) is 0 Å². The van der Waals surface area contributed by atoms with Crippen LogP contribution in [0.25, 0.3) is 11.5 Å². The first kappa shape index (κ1) is 14.2. The Kier molecular flexibility index (Phi) is 4.14. The molecule has 0 fully saturated rings. The molecular formula is C12H13N3O4S.